The van der Waals surface area contributed by atoms with E-state index in [0.29, 0.717) is 13.1 Å². The van der Waals surface area contributed by atoms with Gasteiger partial charge >= 0.3 is 6.03 Å². The molecule has 23 heavy (non-hydrogen) atoms. The zero-order valence-electron chi connectivity index (χ0n) is 13.0. The standard InChI is InChI=1S/C19H20N2O2/c22-19(21-10-9-14-5-1-2-7-16(14)13-21)20-12-17-11-15-6-3-4-8-18(15)23-17/h1-8,17H,9-13H2,(H,20,22). The third-order valence-corrected chi connectivity index (χ3v) is 4.61. The summed E-state index contributed by atoms with van der Waals surface area (Å²) in [6.07, 6.45) is 1.82. The molecule has 0 fully saturated rings. The van der Waals surface area contributed by atoms with Crippen LogP contribution in [0.2, 0.25) is 0 Å². The predicted octanol–water partition coefficient (Wildman–Crippen LogP) is 2.76. The highest BCUT2D eigenvalue weighted by atomic mass is 16.5. The van der Waals surface area contributed by atoms with Gasteiger partial charge in [-0.3, -0.25) is 0 Å². The Labute approximate surface area is 136 Å². The Bertz CT molecular complexity index is 704. The van der Waals surface area contributed by atoms with Crippen LogP contribution in [0.5, 0.6) is 5.75 Å². The second-order valence-electron chi connectivity index (χ2n) is 6.18. The highest BCUT2D eigenvalue weighted by Crippen LogP contribution is 2.27. The van der Waals surface area contributed by atoms with Crippen LogP contribution in [-0.2, 0) is 19.4 Å². The zero-order chi connectivity index (χ0) is 15.6. The topological polar surface area (TPSA) is 41.6 Å². The van der Waals surface area contributed by atoms with Gasteiger partial charge in [0.05, 0.1) is 6.54 Å². The van der Waals surface area contributed by atoms with Crippen molar-refractivity contribution in [2.45, 2.75) is 25.5 Å². The summed E-state index contributed by atoms with van der Waals surface area (Å²) in [5.41, 5.74) is 3.82. The van der Waals surface area contributed by atoms with Crippen LogP contribution in [0.25, 0.3) is 0 Å². The number of nitrogens with zero attached hydrogens (tertiary/aromatic N) is 1. The summed E-state index contributed by atoms with van der Waals surface area (Å²) >= 11 is 0. The minimum absolute atomic E-state index is 0.000871. The minimum Gasteiger partial charge on any atom is -0.488 e. The number of nitrogens with one attached hydrogen (secondary N) is 1. The summed E-state index contributed by atoms with van der Waals surface area (Å²) in [7, 11) is 0. The average molecular weight is 308 g/mol. The molecule has 0 bridgehead atoms. The molecule has 4 nitrogen and oxygen atoms in total. The van der Waals surface area contributed by atoms with Crippen molar-refractivity contribution < 1.29 is 9.53 Å². The van der Waals surface area contributed by atoms with E-state index in [1.807, 2.05) is 29.2 Å². The van der Waals surface area contributed by atoms with Crippen LogP contribution >= 0.6 is 0 Å². The molecule has 2 aliphatic rings. The van der Waals surface area contributed by atoms with E-state index < -0.39 is 0 Å². The van der Waals surface area contributed by atoms with E-state index >= 15 is 0 Å². The molecule has 0 aliphatic carbocycles. The number of benzene rings is 2. The first-order valence-electron chi connectivity index (χ1n) is 8.14. The molecular weight excluding hydrogens is 288 g/mol. The van der Waals surface area contributed by atoms with E-state index in [1.165, 1.54) is 16.7 Å². The van der Waals surface area contributed by atoms with Crippen molar-refractivity contribution in [3.05, 3.63) is 65.2 Å². The monoisotopic (exact) mass is 308 g/mol. The van der Waals surface area contributed by atoms with Gasteiger partial charge in [-0.05, 0) is 29.2 Å². The molecule has 2 aliphatic heterocycles. The lowest BCUT2D eigenvalue weighted by atomic mass is 10.0. The molecule has 1 atom stereocenters. The van der Waals surface area contributed by atoms with Gasteiger partial charge in [-0.15, -0.1) is 0 Å². The van der Waals surface area contributed by atoms with Crippen molar-refractivity contribution in [3.8, 4) is 5.75 Å². The van der Waals surface area contributed by atoms with Crippen LogP contribution < -0.4 is 10.1 Å². The van der Waals surface area contributed by atoms with Crippen molar-refractivity contribution in [2.75, 3.05) is 13.1 Å². The summed E-state index contributed by atoms with van der Waals surface area (Å²) < 4.78 is 5.87. The number of ether oxygens (including phenoxy) is 1. The van der Waals surface area contributed by atoms with Crippen molar-refractivity contribution in [3.63, 3.8) is 0 Å². The first-order valence-corrected chi connectivity index (χ1v) is 8.14. The molecule has 0 saturated heterocycles. The number of hydrogen-bond acceptors (Lipinski definition) is 2. The molecule has 4 rings (SSSR count). The summed E-state index contributed by atoms with van der Waals surface area (Å²) in [5, 5.41) is 3.02. The van der Waals surface area contributed by atoms with Crippen LogP contribution in [0.3, 0.4) is 0 Å². The molecule has 2 aromatic carbocycles. The lowest BCUT2D eigenvalue weighted by Crippen LogP contribution is -2.45. The Kier molecular flexibility index (Phi) is 3.66. The summed E-state index contributed by atoms with van der Waals surface area (Å²) in [5.74, 6) is 0.943. The maximum Gasteiger partial charge on any atom is 0.317 e. The molecule has 1 N–H and O–H groups in total. The smallest absolute Gasteiger partial charge is 0.317 e. The van der Waals surface area contributed by atoms with Crippen molar-refractivity contribution in [1.82, 2.24) is 10.2 Å². The van der Waals surface area contributed by atoms with E-state index in [1.54, 1.807) is 0 Å². The van der Waals surface area contributed by atoms with E-state index in [0.717, 1.165) is 25.1 Å². The van der Waals surface area contributed by atoms with Gasteiger partial charge in [0.15, 0.2) is 0 Å². The predicted molar refractivity (Wildman–Crippen MR) is 88.5 cm³/mol. The number of carbonyl (C=O) groups excluding carboxylic acids is 1. The fraction of sp³-hybridized carbons (Fsp3) is 0.316. The highest BCUT2D eigenvalue weighted by Gasteiger charge is 2.25. The second-order valence-corrected chi connectivity index (χ2v) is 6.18. The van der Waals surface area contributed by atoms with Gasteiger partial charge in [-0.2, -0.15) is 0 Å². The number of carbonyl (C=O) groups is 1. The SMILES string of the molecule is O=C(NCC1Cc2ccccc2O1)N1CCc2ccccc2C1. The number of rotatable bonds is 2. The fourth-order valence-corrected chi connectivity index (χ4v) is 3.35. The van der Waals surface area contributed by atoms with Crippen LogP contribution in [0.4, 0.5) is 4.79 Å². The maximum atomic E-state index is 12.4. The summed E-state index contributed by atoms with van der Waals surface area (Å²) in [6.45, 7) is 2.01. The maximum absolute atomic E-state index is 12.4. The fourth-order valence-electron chi connectivity index (χ4n) is 3.35. The molecule has 2 amide bonds. The van der Waals surface area contributed by atoms with Crippen molar-refractivity contribution in [1.29, 1.82) is 0 Å². The lowest BCUT2D eigenvalue weighted by molar-refractivity contribution is 0.180. The Morgan fingerprint density at radius 1 is 1.09 bits per heavy atom. The normalized spacial score (nSPS) is 18.8. The largest absolute Gasteiger partial charge is 0.488 e. The Hall–Kier alpha value is -2.49. The van der Waals surface area contributed by atoms with Crippen LogP contribution in [0.1, 0.15) is 16.7 Å². The number of para-hydroxylation sites is 1. The summed E-state index contributed by atoms with van der Waals surface area (Å²) in [6, 6.07) is 16.4. The molecular formula is C19H20N2O2. The molecule has 1 unspecified atom stereocenters. The van der Waals surface area contributed by atoms with Gasteiger partial charge in [0.1, 0.15) is 11.9 Å². The van der Waals surface area contributed by atoms with Gasteiger partial charge in [0.25, 0.3) is 0 Å². The molecule has 0 spiro atoms. The minimum atomic E-state index is -0.000871. The van der Waals surface area contributed by atoms with Crippen LogP contribution in [0, 0.1) is 0 Å². The Balaban J connectivity index is 1.32. The first-order chi connectivity index (χ1) is 11.3. The number of amides is 2. The number of hydrogen-bond donors (Lipinski definition) is 1. The van der Waals surface area contributed by atoms with E-state index in [9.17, 15) is 4.79 Å². The molecule has 0 saturated carbocycles. The van der Waals surface area contributed by atoms with Gasteiger partial charge in [0.2, 0.25) is 0 Å². The van der Waals surface area contributed by atoms with Crippen molar-refractivity contribution in [2.24, 2.45) is 0 Å². The average Bonchev–Trinajstić information content (AvgIpc) is 3.02. The van der Waals surface area contributed by atoms with Crippen LogP contribution in [-0.4, -0.2) is 30.1 Å². The molecule has 118 valence electrons. The quantitative estimate of drug-likeness (QED) is 0.927. The molecule has 0 aromatic heterocycles. The van der Waals surface area contributed by atoms with Gasteiger partial charge < -0.3 is 15.0 Å². The zero-order valence-corrected chi connectivity index (χ0v) is 13.0. The highest BCUT2D eigenvalue weighted by molar-refractivity contribution is 5.74. The van der Waals surface area contributed by atoms with E-state index in [4.69, 9.17) is 4.74 Å². The van der Waals surface area contributed by atoms with E-state index in [-0.39, 0.29) is 12.1 Å². The molecule has 2 aromatic rings. The number of fused-ring (bicyclic) bond motifs is 2. The third-order valence-electron chi connectivity index (χ3n) is 4.61. The first kappa shape index (κ1) is 14.1. The third kappa shape index (κ3) is 2.89. The molecule has 4 heteroatoms. The van der Waals surface area contributed by atoms with Gasteiger partial charge in [-0.1, -0.05) is 42.5 Å². The molecule has 2 heterocycles. The van der Waals surface area contributed by atoms with Gasteiger partial charge in [-0.25, -0.2) is 4.79 Å². The molecule has 0 radical (unpaired) electrons. The van der Waals surface area contributed by atoms with E-state index in [2.05, 4.69) is 29.6 Å². The Morgan fingerprint density at radius 3 is 2.65 bits per heavy atom. The summed E-state index contributed by atoms with van der Waals surface area (Å²) in [4.78, 5) is 14.3. The second kappa shape index (κ2) is 5.95. The lowest BCUT2D eigenvalue weighted by Gasteiger charge is -2.29. The number of urea groups is 1. The van der Waals surface area contributed by atoms with Gasteiger partial charge in [0, 0.05) is 19.5 Å². The van der Waals surface area contributed by atoms with Crippen molar-refractivity contribution >= 4 is 6.03 Å². The Morgan fingerprint density at radius 2 is 1.83 bits per heavy atom. The van der Waals surface area contributed by atoms with Crippen LogP contribution in [0.15, 0.2) is 48.5 Å².